The van der Waals surface area contributed by atoms with Crippen molar-refractivity contribution in [3.05, 3.63) is 33.2 Å². The van der Waals surface area contributed by atoms with Gasteiger partial charge >= 0.3 is 11.6 Å². The lowest BCUT2D eigenvalue weighted by Gasteiger charge is -2.17. The Morgan fingerprint density at radius 3 is 2.70 bits per heavy atom. The molecule has 30 heavy (non-hydrogen) atoms. The van der Waals surface area contributed by atoms with E-state index in [1.807, 2.05) is 0 Å². The van der Waals surface area contributed by atoms with Crippen LogP contribution >= 0.6 is 34.8 Å². The largest absolute Gasteiger partial charge is 0.496 e. The lowest BCUT2D eigenvalue weighted by atomic mass is 9.93. The van der Waals surface area contributed by atoms with E-state index < -0.39 is 33.9 Å². The number of Topliss-reactive ketones (excluding diaryl/α,β-unsaturated/α-hetero) is 1. The topological polar surface area (TPSA) is 101 Å². The van der Waals surface area contributed by atoms with Crippen LogP contribution < -0.4 is 15.1 Å². The van der Waals surface area contributed by atoms with Crippen LogP contribution in [0.3, 0.4) is 0 Å². The molecule has 3 atom stereocenters. The molecule has 8 nitrogen and oxygen atoms in total. The maximum absolute atomic E-state index is 12.5. The third-order valence-electron chi connectivity index (χ3n) is 5.49. The number of esters is 1. The van der Waals surface area contributed by atoms with Crippen molar-refractivity contribution < 1.29 is 33.0 Å². The van der Waals surface area contributed by atoms with Gasteiger partial charge in [-0.15, -0.1) is 0 Å². The van der Waals surface area contributed by atoms with Crippen LogP contribution in [-0.2, 0) is 20.7 Å². The lowest BCUT2D eigenvalue weighted by molar-refractivity contribution is -0.189. The van der Waals surface area contributed by atoms with E-state index in [0.29, 0.717) is 34.4 Å². The molecule has 1 saturated heterocycles. The van der Waals surface area contributed by atoms with Gasteiger partial charge in [0.15, 0.2) is 5.78 Å². The number of carbonyl (C=O) groups excluding carboxylic acids is 2. The Balaban J connectivity index is 1.60. The van der Waals surface area contributed by atoms with Gasteiger partial charge in [-0.1, -0.05) is 34.8 Å². The Bertz CT molecular complexity index is 1170. The third-order valence-corrected chi connectivity index (χ3v) is 5.96. The molecule has 3 heterocycles. The summed E-state index contributed by atoms with van der Waals surface area (Å²) < 4.78 is 25.4. The van der Waals surface area contributed by atoms with Crippen LogP contribution in [0.4, 0.5) is 0 Å². The quantitative estimate of drug-likeness (QED) is 0.370. The number of halogens is 3. The molecule has 1 aromatic carbocycles. The van der Waals surface area contributed by atoms with Crippen molar-refractivity contribution in [3.8, 4) is 11.5 Å². The number of aryl methyl sites for hydroxylation is 1. The first-order valence-electron chi connectivity index (χ1n) is 9.02. The van der Waals surface area contributed by atoms with Gasteiger partial charge < -0.3 is 23.4 Å². The van der Waals surface area contributed by atoms with Crippen LogP contribution in [0.2, 0.25) is 0 Å². The summed E-state index contributed by atoms with van der Waals surface area (Å²) in [6, 6.07) is 1.67. The number of rotatable bonds is 2. The Morgan fingerprint density at radius 1 is 1.23 bits per heavy atom. The van der Waals surface area contributed by atoms with Crippen LogP contribution in [0.1, 0.15) is 40.2 Å². The molecule has 0 spiro atoms. The van der Waals surface area contributed by atoms with Gasteiger partial charge in [0.25, 0.3) is 3.79 Å². The molecule has 2 aromatic rings. The maximum atomic E-state index is 12.5. The van der Waals surface area contributed by atoms with Gasteiger partial charge in [0.05, 0.1) is 18.4 Å². The predicted octanol–water partition coefficient (Wildman–Crippen LogP) is 3.39. The molecule has 0 amide bonds. The molecular formula is C19H13Cl3O8. The zero-order chi connectivity index (χ0) is 21.4. The zero-order valence-corrected chi connectivity index (χ0v) is 17.6. The van der Waals surface area contributed by atoms with E-state index in [2.05, 4.69) is 0 Å². The number of alkyl halides is 3. The van der Waals surface area contributed by atoms with Crippen molar-refractivity contribution in [1.82, 2.24) is 0 Å². The number of carbonyl (C=O) groups is 2. The SMILES string of the molecule is COc1cc2c(c3oc(=O)c4c(c13)CCC4=O)C1CC(OC(=O)C(Cl)(Cl)Cl)OC1O2. The fourth-order valence-electron chi connectivity index (χ4n) is 4.29. The predicted molar refractivity (Wildman–Crippen MR) is 105 cm³/mol. The highest BCUT2D eigenvalue weighted by atomic mass is 35.6. The van der Waals surface area contributed by atoms with Gasteiger partial charge in [0.1, 0.15) is 22.6 Å². The van der Waals surface area contributed by atoms with Crippen molar-refractivity contribution in [2.45, 2.75) is 41.6 Å². The summed E-state index contributed by atoms with van der Waals surface area (Å²) in [6.07, 6.45) is -0.939. The van der Waals surface area contributed by atoms with Crippen LogP contribution in [0.5, 0.6) is 11.5 Å². The molecule has 158 valence electrons. The fraction of sp³-hybridized carbons (Fsp3) is 0.421. The maximum Gasteiger partial charge on any atom is 0.360 e. The number of benzene rings is 1. The minimum Gasteiger partial charge on any atom is -0.496 e. The molecule has 5 rings (SSSR count). The summed E-state index contributed by atoms with van der Waals surface area (Å²) in [6.45, 7) is 0. The first kappa shape index (κ1) is 19.9. The van der Waals surface area contributed by atoms with Crippen molar-refractivity contribution in [2.75, 3.05) is 7.11 Å². The molecule has 2 aliphatic heterocycles. The normalized spacial score (nSPS) is 24.4. The van der Waals surface area contributed by atoms with Gasteiger partial charge in [0, 0.05) is 24.5 Å². The number of hydrogen-bond acceptors (Lipinski definition) is 8. The van der Waals surface area contributed by atoms with Crippen LogP contribution in [0.15, 0.2) is 15.3 Å². The fourth-order valence-corrected chi connectivity index (χ4v) is 4.42. The van der Waals surface area contributed by atoms with Crippen LogP contribution in [0, 0.1) is 0 Å². The number of hydrogen-bond donors (Lipinski definition) is 0. The molecule has 0 saturated carbocycles. The smallest absolute Gasteiger partial charge is 0.360 e. The van der Waals surface area contributed by atoms with E-state index in [4.69, 9.17) is 58.2 Å². The average Bonchev–Trinajstić information content (AvgIpc) is 3.32. The van der Waals surface area contributed by atoms with E-state index in [1.54, 1.807) is 6.07 Å². The minimum absolute atomic E-state index is 0.0633. The molecular weight excluding hydrogens is 463 g/mol. The Hall–Kier alpha value is -2.00. The van der Waals surface area contributed by atoms with Gasteiger partial charge in [-0.05, 0) is 12.0 Å². The molecule has 0 radical (unpaired) electrons. The highest BCUT2D eigenvalue weighted by Crippen LogP contribution is 2.52. The van der Waals surface area contributed by atoms with Crippen molar-refractivity contribution in [3.63, 3.8) is 0 Å². The third kappa shape index (κ3) is 2.89. The second-order valence-electron chi connectivity index (χ2n) is 7.16. The van der Waals surface area contributed by atoms with Crippen LogP contribution in [0.25, 0.3) is 11.0 Å². The van der Waals surface area contributed by atoms with E-state index in [-0.39, 0.29) is 29.8 Å². The highest BCUT2D eigenvalue weighted by Gasteiger charge is 2.49. The van der Waals surface area contributed by atoms with E-state index >= 15 is 0 Å². The zero-order valence-electron chi connectivity index (χ0n) is 15.3. The molecule has 3 aliphatic rings. The molecule has 11 heteroatoms. The number of fused-ring (bicyclic) bond motifs is 7. The van der Waals surface area contributed by atoms with Gasteiger partial charge in [-0.3, -0.25) is 4.79 Å². The minimum atomic E-state index is -2.24. The van der Waals surface area contributed by atoms with Crippen molar-refractivity contribution >= 4 is 57.5 Å². The van der Waals surface area contributed by atoms with Gasteiger partial charge in [-0.2, -0.15) is 0 Å². The monoisotopic (exact) mass is 474 g/mol. The summed E-state index contributed by atoms with van der Waals surface area (Å²) in [7, 11) is 1.48. The van der Waals surface area contributed by atoms with Crippen LogP contribution in [-0.4, -0.2) is 35.2 Å². The molecule has 0 N–H and O–H groups in total. The summed E-state index contributed by atoms with van der Waals surface area (Å²) in [5.74, 6) is -0.870. The Morgan fingerprint density at radius 2 is 2.00 bits per heavy atom. The Labute approximate surface area is 183 Å². The van der Waals surface area contributed by atoms with E-state index in [9.17, 15) is 14.4 Å². The van der Waals surface area contributed by atoms with Crippen molar-refractivity contribution in [2.24, 2.45) is 0 Å². The first-order valence-corrected chi connectivity index (χ1v) is 10.2. The summed E-state index contributed by atoms with van der Waals surface area (Å²) in [5.41, 5.74) is 0.826. The average molecular weight is 476 g/mol. The number of ether oxygens (including phenoxy) is 4. The first-order chi connectivity index (χ1) is 14.2. The standard InChI is InChI=1S/C19H13Cl3O8/c1-26-9-5-10-14(15-13(9)6-2-3-8(23)12(6)16(24)30-15)7-4-11(28-17(7)27-10)29-18(25)19(20,21)22/h5,7,11,17H,2-4H2,1H3. The molecule has 0 bridgehead atoms. The number of ketones is 1. The van der Waals surface area contributed by atoms with Gasteiger partial charge in [-0.25, -0.2) is 9.59 Å². The summed E-state index contributed by atoms with van der Waals surface area (Å²) >= 11 is 16.6. The second kappa shape index (κ2) is 6.75. The Kier molecular flexibility index (Phi) is 4.49. The molecule has 3 unspecified atom stereocenters. The van der Waals surface area contributed by atoms with Gasteiger partial charge in [0.2, 0.25) is 12.6 Å². The number of methoxy groups -OCH3 is 1. The van der Waals surface area contributed by atoms with Crippen molar-refractivity contribution in [1.29, 1.82) is 0 Å². The molecule has 1 aromatic heterocycles. The van der Waals surface area contributed by atoms with E-state index in [0.717, 1.165) is 0 Å². The molecule has 1 aliphatic carbocycles. The summed E-state index contributed by atoms with van der Waals surface area (Å²) in [4.78, 5) is 36.5. The highest BCUT2D eigenvalue weighted by molar-refractivity contribution is 6.75. The second-order valence-corrected chi connectivity index (χ2v) is 9.44. The lowest BCUT2D eigenvalue weighted by Crippen LogP contribution is -2.28. The summed E-state index contributed by atoms with van der Waals surface area (Å²) in [5, 5.41) is 0.558. The van der Waals surface area contributed by atoms with E-state index in [1.165, 1.54) is 7.11 Å². The molecule has 1 fully saturated rings.